The summed E-state index contributed by atoms with van der Waals surface area (Å²) < 4.78 is 13.7. The molecule has 1 aromatic carbocycles. The van der Waals surface area contributed by atoms with Crippen LogP contribution in [0.3, 0.4) is 0 Å². The predicted molar refractivity (Wildman–Crippen MR) is 87.3 cm³/mol. The molecule has 1 aromatic rings. The predicted octanol–water partition coefficient (Wildman–Crippen LogP) is 3.42. The van der Waals surface area contributed by atoms with Crippen molar-refractivity contribution in [2.24, 2.45) is 5.92 Å². The van der Waals surface area contributed by atoms with Crippen LogP contribution in [0, 0.1) is 11.7 Å². The fraction of sp³-hybridized carbons (Fsp3) is 0.667. The molecule has 1 N–H and O–H groups in total. The summed E-state index contributed by atoms with van der Waals surface area (Å²) in [4.78, 5) is 2.23. The van der Waals surface area contributed by atoms with E-state index in [9.17, 15) is 4.39 Å². The van der Waals surface area contributed by atoms with E-state index in [2.05, 4.69) is 31.2 Å². The third kappa shape index (κ3) is 4.79. The number of rotatable bonds is 6. The van der Waals surface area contributed by atoms with E-state index in [-0.39, 0.29) is 5.82 Å². The summed E-state index contributed by atoms with van der Waals surface area (Å²) in [6.07, 6.45) is 4.47. The van der Waals surface area contributed by atoms with Crippen molar-refractivity contribution < 1.29 is 4.39 Å². The van der Waals surface area contributed by atoms with Crippen LogP contribution in [-0.2, 0) is 6.42 Å². The minimum atomic E-state index is -0.0950. The summed E-state index contributed by atoms with van der Waals surface area (Å²) >= 11 is 0. The van der Waals surface area contributed by atoms with Gasteiger partial charge in [0.15, 0.2) is 0 Å². The molecule has 1 unspecified atom stereocenters. The van der Waals surface area contributed by atoms with Crippen LogP contribution in [0.4, 0.5) is 4.39 Å². The lowest BCUT2D eigenvalue weighted by Gasteiger charge is -2.27. The van der Waals surface area contributed by atoms with E-state index in [0.29, 0.717) is 11.8 Å². The maximum Gasteiger partial charge on any atom is 0.123 e. The van der Waals surface area contributed by atoms with Gasteiger partial charge in [0, 0.05) is 6.54 Å². The standard InChI is InChI=1S/C18H29FN2/c1-4-14(13-21(2)3)11-16-12-17(19)5-6-18(16)15-7-9-20-10-8-15/h5-6,12,14-15,20H,4,7-11,13H2,1-3H3. The van der Waals surface area contributed by atoms with Gasteiger partial charge in [0.2, 0.25) is 0 Å². The van der Waals surface area contributed by atoms with Crippen LogP contribution in [0.15, 0.2) is 18.2 Å². The topological polar surface area (TPSA) is 15.3 Å². The zero-order valence-corrected chi connectivity index (χ0v) is 13.7. The maximum atomic E-state index is 13.7. The molecule has 1 heterocycles. The second-order valence-electron chi connectivity index (χ2n) is 6.61. The van der Waals surface area contributed by atoms with Crippen molar-refractivity contribution in [3.8, 4) is 0 Å². The van der Waals surface area contributed by atoms with Gasteiger partial charge in [-0.15, -0.1) is 0 Å². The highest BCUT2D eigenvalue weighted by Crippen LogP contribution is 2.30. The minimum Gasteiger partial charge on any atom is -0.317 e. The van der Waals surface area contributed by atoms with Crippen LogP contribution < -0.4 is 5.32 Å². The fourth-order valence-corrected chi connectivity index (χ4v) is 3.45. The first-order chi connectivity index (χ1) is 10.1. The summed E-state index contributed by atoms with van der Waals surface area (Å²) in [5.74, 6) is 1.10. The fourth-order valence-electron chi connectivity index (χ4n) is 3.45. The van der Waals surface area contributed by atoms with Gasteiger partial charge >= 0.3 is 0 Å². The average molecular weight is 292 g/mol. The van der Waals surface area contributed by atoms with Crippen molar-refractivity contribution in [2.75, 3.05) is 33.7 Å². The van der Waals surface area contributed by atoms with Crippen LogP contribution in [-0.4, -0.2) is 38.6 Å². The zero-order valence-electron chi connectivity index (χ0n) is 13.7. The minimum absolute atomic E-state index is 0.0950. The highest BCUT2D eigenvalue weighted by atomic mass is 19.1. The van der Waals surface area contributed by atoms with Crippen LogP contribution in [0.1, 0.15) is 43.2 Å². The molecule has 2 rings (SSSR count). The van der Waals surface area contributed by atoms with E-state index in [4.69, 9.17) is 0 Å². The molecule has 1 fully saturated rings. The van der Waals surface area contributed by atoms with E-state index < -0.39 is 0 Å². The van der Waals surface area contributed by atoms with Crippen molar-refractivity contribution in [3.05, 3.63) is 35.1 Å². The summed E-state index contributed by atoms with van der Waals surface area (Å²) in [6, 6.07) is 5.44. The molecule has 1 aliphatic heterocycles. The molecule has 0 bridgehead atoms. The molecule has 2 nitrogen and oxygen atoms in total. The molecule has 0 amide bonds. The van der Waals surface area contributed by atoms with Gasteiger partial charge in [-0.2, -0.15) is 0 Å². The van der Waals surface area contributed by atoms with Crippen LogP contribution >= 0.6 is 0 Å². The summed E-state index contributed by atoms with van der Waals surface area (Å²) in [6.45, 7) is 5.46. The Hall–Kier alpha value is -0.930. The molecule has 0 aromatic heterocycles. The first kappa shape index (κ1) is 16.4. The Bertz CT molecular complexity index is 439. The molecule has 0 spiro atoms. The molecule has 1 atom stereocenters. The molecule has 118 valence electrons. The maximum absolute atomic E-state index is 13.7. The molecule has 1 saturated heterocycles. The Labute approximate surface area is 128 Å². The molecular weight excluding hydrogens is 263 g/mol. The number of benzene rings is 1. The van der Waals surface area contributed by atoms with Crippen molar-refractivity contribution in [1.82, 2.24) is 10.2 Å². The van der Waals surface area contributed by atoms with E-state index >= 15 is 0 Å². The summed E-state index contributed by atoms with van der Waals surface area (Å²) in [5, 5.41) is 3.41. The second kappa shape index (κ2) is 7.90. The molecule has 21 heavy (non-hydrogen) atoms. The highest BCUT2D eigenvalue weighted by Gasteiger charge is 2.20. The van der Waals surface area contributed by atoms with Gasteiger partial charge in [0.1, 0.15) is 5.82 Å². The van der Waals surface area contributed by atoms with E-state index in [1.54, 1.807) is 12.1 Å². The van der Waals surface area contributed by atoms with Crippen molar-refractivity contribution in [1.29, 1.82) is 0 Å². The Kier molecular flexibility index (Phi) is 6.19. The first-order valence-corrected chi connectivity index (χ1v) is 8.24. The Morgan fingerprint density at radius 2 is 2.00 bits per heavy atom. The van der Waals surface area contributed by atoms with Gasteiger partial charge in [0.25, 0.3) is 0 Å². The smallest absolute Gasteiger partial charge is 0.123 e. The van der Waals surface area contributed by atoms with Gasteiger partial charge in [0.05, 0.1) is 0 Å². The highest BCUT2D eigenvalue weighted by molar-refractivity contribution is 5.32. The van der Waals surface area contributed by atoms with Gasteiger partial charge in [-0.3, -0.25) is 0 Å². The van der Waals surface area contributed by atoms with Crippen molar-refractivity contribution >= 4 is 0 Å². The van der Waals surface area contributed by atoms with Gasteiger partial charge < -0.3 is 10.2 Å². The number of nitrogens with zero attached hydrogens (tertiary/aromatic N) is 1. The van der Waals surface area contributed by atoms with E-state index in [1.807, 2.05) is 6.07 Å². The molecule has 3 heteroatoms. The largest absolute Gasteiger partial charge is 0.317 e. The summed E-state index contributed by atoms with van der Waals surface area (Å²) in [7, 11) is 4.23. The Morgan fingerprint density at radius 3 is 2.62 bits per heavy atom. The molecule has 1 aliphatic rings. The van der Waals surface area contributed by atoms with Gasteiger partial charge in [-0.1, -0.05) is 19.4 Å². The molecule has 0 saturated carbocycles. The van der Waals surface area contributed by atoms with Crippen LogP contribution in [0.25, 0.3) is 0 Å². The lowest BCUT2D eigenvalue weighted by molar-refractivity contribution is 0.315. The zero-order chi connectivity index (χ0) is 15.2. The van der Waals surface area contributed by atoms with Crippen molar-refractivity contribution in [2.45, 2.75) is 38.5 Å². The lowest BCUT2D eigenvalue weighted by Crippen LogP contribution is -2.28. The summed E-state index contributed by atoms with van der Waals surface area (Å²) in [5.41, 5.74) is 2.62. The Balaban J connectivity index is 2.17. The van der Waals surface area contributed by atoms with E-state index in [0.717, 1.165) is 32.5 Å². The van der Waals surface area contributed by atoms with E-state index in [1.165, 1.54) is 24.0 Å². The van der Waals surface area contributed by atoms with Crippen LogP contribution in [0.2, 0.25) is 0 Å². The molecular formula is C18H29FN2. The number of hydrogen-bond donors (Lipinski definition) is 1. The van der Waals surface area contributed by atoms with Gasteiger partial charge in [-0.05, 0) is 81.5 Å². The van der Waals surface area contributed by atoms with Crippen LogP contribution in [0.5, 0.6) is 0 Å². The quantitative estimate of drug-likeness (QED) is 0.864. The average Bonchev–Trinajstić information content (AvgIpc) is 2.47. The van der Waals surface area contributed by atoms with Gasteiger partial charge in [-0.25, -0.2) is 4.39 Å². The number of halogens is 1. The number of nitrogens with one attached hydrogen (secondary N) is 1. The third-order valence-electron chi connectivity index (χ3n) is 4.59. The third-order valence-corrected chi connectivity index (χ3v) is 4.59. The first-order valence-electron chi connectivity index (χ1n) is 8.24. The molecule has 0 aliphatic carbocycles. The monoisotopic (exact) mass is 292 g/mol. The second-order valence-corrected chi connectivity index (χ2v) is 6.61. The normalized spacial score (nSPS) is 18.1. The lowest BCUT2D eigenvalue weighted by atomic mass is 9.84. The SMILES string of the molecule is CCC(Cc1cc(F)ccc1C1CCNCC1)CN(C)C. The van der Waals surface area contributed by atoms with Crippen molar-refractivity contribution in [3.63, 3.8) is 0 Å². The number of piperidine rings is 1. The number of hydrogen-bond acceptors (Lipinski definition) is 2. The Morgan fingerprint density at radius 1 is 1.29 bits per heavy atom. The molecule has 0 radical (unpaired) electrons.